The molecule has 4 nitrogen and oxygen atoms in total. The van der Waals surface area contributed by atoms with E-state index in [1.54, 1.807) is 17.5 Å². The fourth-order valence-corrected chi connectivity index (χ4v) is 3.06. The van der Waals surface area contributed by atoms with E-state index < -0.39 is 0 Å². The van der Waals surface area contributed by atoms with Crippen LogP contribution in [-0.2, 0) is 6.42 Å². The molecule has 98 valence electrons. The highest BCUT2D eigenvalue weighted by Gasteiger charge is 2.04. The summed E-state index contributed by atoms with van der Waals surface area (Å²) in [5.41, 5.74) is 8.65. The van der Waals surface area contributed by atoms with E-state index in [2.05, 4.69) is 21.6 Å². The monoisotopic (exact) mass is 292 g/mol. The minimum absolute atomic E-state index is 0.734. The van der Waals surface area contributed by atoms with Gasteiger partial charge in [-0.05, 0) is 30.7 Å². The van der Waals surface area contributed by atoms with E-state index in [-0.39, 0.29) is 0 Å². The fourth-order valence-electron chi connectivity index (χ4n) is 1.97. The van der Waals surface area contributed by atoms with Crippen LogP contribution in [0, 0.1) is 0 Å². The van der Waals surface area contributed by atoms with Crippen molar-refractivity contribution in [3.63, 3.8) is 0 Å². The van der Waals surface area contributed by atoms with Crippen molar-refractivity contribution in [1.82, 2.24) is 10.2 Å². The molecule has 0 fully saturated rings. The van der Waals surface area contributed by atoms with Gasteiger partial charge in [0.25, 0.3) is 0 Å². The third-order valence-corrected chi connectivity index (χ3v) is 4.22. The van der Waals surface area contributed by atoms with E-state index in [1.165, 1.54) is 4.88 Å². The second kappa shape index (κ2) is 5.11. The number of nitrogens with one attached hydrogen (secondary N) is 2. The summed E-state index contributed by atoms with van der Waals surface area (Å²) in [5.74, 6) is 0. The van der Waals surface area contributed by atoms with E-state index in [1.807, 2.05) is 18.2 Å². The van der Waals surface area contributed by atoms with E-state index in [0.29, 0.717) is 0 Å². The molecule has 0 atom stereocenters. The van der Waals surface area contributed by atoms with Crippen LogP contribution in [0.15, 0.2) is 30.5 Å². The largest absolute Gasteiger partial charge is 0.397 e. The lowest BCUT2D eigenvalue weighted by Gasteiger charge is -2.08. The van der Waals surface area contributed by atoms with Crippen LogP contribution in [0.25, 0.3) is 10.9 Å². The summed E-state index contributed by atoms with van der Waals surface area (Å²) in [7, 11) is 0. The highest BCUT2D eigenvalue weighted by Crippen LogP contribution is 2.25. The molecule has 1 aromatic carbocycles. The SMILES string of the molecule is Nc1cc2cn[nH]c2cc1NCCc1ccc(Cl)s1. The molecule has 4 N–H and O–H groups in total. The van der Waals surface area contributed by atoms with E-state index in [9.17, 15) is 0 Å². The molecule has 0 bridgehead atoms. The van der Waals surface area contributed by atoms with Crippen LogP contribution in [0.5, 0.6) is 0 Å². The number of hydrogen-bond acceptors (Lipinski definition) is 4. The van der Waals surface area contributed by atoms with Crippen molar-refractivity contribution in [2.24, 2.45) is 0 Å². The first-order chi connectivity index (χ1) is 9.22. The van der Waals surface area contributed by atoms with Gasteiger partial charge in [-0.25, -0.2) is 0 Å². The van der Waals surface area contributed by atoms with Gasteiger partial charge in [0, 0.05) is 16.8 Å². The second-order valence-corrected chi connectivity index (χ2v) is 6.08. The number of benzene rings is 1. The summed E-state index contributed by atoms with van der Waals surface area (Å²) in [5, 5.41) is 11.3. The van der Waals surface area contributed by atoms with Gasteiger partial charge in [0.1, 0.15) is 0 Å². The summed E-state index contributed by atoms with van der Waals surface area (Å²) in [6, 6.07) is 7.88. The van der Waals surface area contributed by atoms with Gasteiger partial charge < -0.3 is 11.1 Å². The summed E-state index contributed by atoms with van der Waals surface area (Å²) < 4.78 is 0.827. The first-order valence-electron chi connectivity index (χ1n) is 5.93. The lowest BCUT2D eigenvalue weighted by Crippen LogP contribution is -2.06. The molecule has 0 saturated carbocycles. The highest BCUT2D eigenvalue weighted by atomic mass is 35.5. The van der Waals surface area contributed by atoms with Crippen molar-refractivity contribution in [3.05, 3.63) is 39.7 Å². The molecule has 0 spiro atoms. The van der Waals surface area contributed by atoms with Crippen LogP contribution in [-0.4, -0.2) is 16.7 Å². The second-order valence-electron chi connectivity index (χ2n) is 4.28. The first kappa shape index (κ1) is 12.3. The number of aromatic nitrogens is 2. The van der Waals surface area contributed by atoms with Gasteiger partial charge in [0.2, 0.25) is 0 Å². The Morgan fingerprint density at radius 3 is 3.05 bits per heavy atom. The average Bonchev–Trinajstić information content (AvgIpc) is 2.98. The Kier molecular flexibility index (Phi) is 3.31. The number of rotatable bonds is 4. The number of halogens is 1. The maximum absolute atomic E-state index is 6.01. The normalized spacial score (nSPS) is 11.0. The fraction of sp³-hybridized carbons (Fsp3) is 0.154. The predicted molar refractivity (Wildman–Crippen MR) is 82.0 cm³/mol. The number of aromatic amines is 1. The van der Waals surface area contributed by atoms with Crippen molar-refractivity contribution < 1.29 is 0 Å². The number of nitrogens with zero attached hydrogens (tertiary/aromatic N) is 1. The molecule has 0 aliphatic carbocycles. The van der Waals surface area contributed by atoms with Crippen molar-refractivity contribution in [3.8, 4) is 0 Å². The zero-order valence-corrected chi connectivity index (χ0v) is 11.7. The maximum atomic E-state index is 6.01. The summed E-state index contributed by atoms with van der Waals surface area (Å²) in [4.78, 5) is 1.26. The lowest BCUT2D eigenvalue weighted by molar-refractivity contribution is 1.05. The van der Waals surface area contributed by atoms with Gasteiger partial charge in [0.05, 0.1) is 27.4 Å². The minimum Gasteiger partial charge on any atom is -0.397 e. The van der Waals surface area contributed by atoms with E-state index in [4.69, 9.17) is 17.3 Å². The van der Waals surface area contributed by atoms with Crippen molar-refractivity contribution >= 4 is 45.2 Å². The summed E-state index contributed by atoms with van der Waals surface area (Å²) >= 11 is 7.51. The molecule has 0 saturated heterocycles. The number of H-pyrrole nitrogens is 1. The molecule has 2 aromatic heterocycles. The van der Waals surface area contributed by atoms with Gasteiger partial charge in [0.15, 0.2) is 0 Å². The molecular formula is C13H13ClN4S. The van der Waals surface area contributed by atoms with Gasteiger partial charge in [-0.15, -0.1) is 11.3 Å². The highest BCUT2D eigenvalue weighted by molar-refractivity contribution is 7.16. The van der Waals surface area contributed by atoms with Crippen LogP contribution in [0.1, 0.15) is 4.88 Å². The lowest BCUT2D eigenvalue weighted by atomic mass is 10.2. The topological polar surface area (TPSA) is 66.7 Å². The smallest absolute Gasteiger partial charge is 0.0931 e. The number of fused-ring (bicyclic) bond motifs is 1. The van der Waals surface area contributed by atoms with Crippen LogP contribution < -0.4 is 11.1 Å². The molecule has 6 heteroatoms. The quantitative estimate of drug-likeness (QED) is 0.645. The molecule has 3 aromatic rings. The summed E-state index contributed by atoms with van der Waals surface area (Å²) in [6.07, 6.45) is 2.70. The Balaban J connectivity index is 1.69. The molecule has 3 rings (SSSR count). The van der Waals surface area contributed by atoms with E-state index >= 15 is 0 Å². The van der Waals surface area contributed by atoms with Crippen LogP contribution >= 0.6 is 22.9 Å². The van der Waals surface area contributed by atoms with Gasteiger partial charge in [-0.1, -0.05) is 11.6 Å². The molecule has 0 radical (unpaired) electrons. The first-order valence-corrected chi connectivity index (χ1v) is 7.12. The zero-order valence-electron chi connectivity index (χ0n) is 10.1. The Morgan fingerprint density at radius 2 is 2.26 bits per heavy atom. The van der Waals surface area contributed by atoms with Gasteiger partial charge in [-0.2, -0.15) is 5.10 Å². The van der Waals surface area contributed by atoms with Crippen LogP contribution in [0.2, 0.25) is 4.34 Å². The molecule has 0 amide bonds. The molecular weight excluding hydrogens is 280 g/mol. The minimum atomic E-state index is 0.734. The molecule has 0 aliphatic rings. The molecule has 2 heterocycles. The third kappa shape index (κ3) is 2.67. The maximum Gasteiger partial charge on any atom is 0.0931 e. The summed E-state index contributed by atoms with van der Waals surface area (Å²) in [6.45, 7) is 0.820. The molecule has 19 heavy (non-hydrogen) atoms. The van der Waals surface area contributed by atoms with Crippen molar-refractivity contribution in [2.75, 3.05) is 17.6 Å². The van der Waals surface area contributed by atoms with Crippen LogP contribution in [0.4, 0.5) is 11.4 Å². The zero-order chi connectivity index (χ0) is 13.2. The Labute approximate surface area is 119 Å². The number of hydrogen-bond donors (Lipinski definition) is 3. The number of nitrogen functional groups attached to an aromatic ring is 1. The van der Waals surface area contributed by atoms with Gasteiger partial charge >= 0.3 is 0 Å². The third-order valence-electron chi connectivity index (χ3n) is 2.93. The molecule has 0 unspecified atom stereocenters. The van der Waals surface area contributed by atoms with E-state index in [0.717, 1.165) is 39.6 Å². The van der Waals surface area contributed by atoms with Crippen molar-refractivity contribution in [1.29, 1.82) is 0 Å². The van der Waals surface area contributed by atoms with Crippen molar-refractivity contribution in [2.45, 2.75) is 6.42 Å². The average molecular weight is 293 g/mol. The number of nitrogens with two attached hydrogens (primary N) is 1. The Bertz CT molecular complexity index is 704. The number of thiophene rings is 1. The Hall–Kier alpha value is -1.72. The predicted octanol–water partition coefficient (Wildman–Crippen LogP) is 3.51. The van der Waals surface area contributed by atoms with Gasteiger partial charge in [-0.3, -0.25) is 5.10 Å². The standard InChI is InChI=1S/C13H13ClN4S/c14-13-2-1-9(19-13)3-4-16-12-6-11-8(5-10(12)15)7-17-18-11/h1-2,5-7,16H,3-4,15H2,(H,17,18). The molecule has 0 aliphatic heterocycles. The number of anilines is 2. The van der Waals surface area contributed by atoms with Crippen LogP contribution in [0.3, 0.4) is 0 Å². The Morgan fingerprint density at radius 1 is 1.37 bits per heavy atom.